The highest BCUT2D eigenvalue weighted by Gasteiger charge is 2.31. The SMILES string of the molecule is Cc1ccc(C)n1-c1cccc(OC(F)(F)F)c1. The maximum atomic E-state index is 12.1. The number of halogens is 3. The van der Waals surface area contributed by atoms with Gasteiger partial charge in [0, 0.05) is 23.1 Å². The summed E-state index contributed by atoms with van der Waals surface area (Å²) in [5.41, 5.74) is 2.56. The summed E-state index contributed by atoms with van der Waals surface area (Å²) >= 11 is 0. The first-order chi connectivity index (χ1) is 8.37. The van der Waals surface area contributed by atoms with Crippen LogP contribution in [0.2, 0.25) is 0 Å². The fourth-order valence-electron chi connectivity index (χ4n) is 1.90. The van der Waals surface area contributed by atoms with Crippen molar-refractivity contribution >= 4 is 0 Å². The summed E-state index contributed by atoms with van der Waals surface area (Å²) in [5.74, 6) is -0.215. The third-order valence-electron chi connectivity index (χ3n) is 2.58. The fourth-order valence-corrected chi connectivity index (χ4v) is 1.90. The summed E-state index contributed by atoms with van der Waals surface area (Å²) in [6.07, 6.45) is -4.67. The summed E-state index contributed by atoms with van der Waals surface area (Å²) in [7, 11) is 0. The maximum Gasteiger partial charge on any atom is 0.573 e. The van der Waals surface area contributed by atoms with Gasteiger partial charge in [0.05, 0.1) is 0 Å². The lowest BCUT2D eigenvalue weighted by molar-refractivity contribution is -0.274. The Bertz CT molecular complexity index is 538. The van der Waals surface area contributed by atoms with Crippen LogP contribution in [0.4, 0.5) is 13.2 Å². The minimum atomic E-state index is -4.67. The maximum absolute atomic E-state index is 12.1. The van der Waals surface area contributed by atoms with Gasteiger partial charge < -0.3 is 9.30 Å². The average Bonchev–Trinajstić information content (AvgIpc) is 2.56. The number of hydrogen-bond donors (Lipinski definition) is 0. The largest absolute Gasteiger partial charge is 0.573 e. The molecule has 2 rings (SSSR count). The fraction of sp³-hybridized carbons (Fsp3) is 0.231. The van der Waals surface area contributed by atoms with E-state index in [0.29, 0.717) is 5.69 Å². The van der Waals surface area contributed by atoms with E-state index in [1.165, 1.54) is 18.2 Å². The molecule has 0 saturated carbocycles. The van der Waals surface area contributed by atoms with Crippen molar-refractivity contribution in [2.75, 3.05) is 0 Å². The molecule has 0 aliphatic heterocycles. The van der Waals surface area contributed by atoms with Gasteiger partial charge >= 0.3 is 6.36 Å². The molecule has 0 atom stereocenters. The van der Waals surface area contributed by atoms with Crippen LogP contribution >= 0.6 is 0 Å². The molecule has 0 N–H and O–H groups in total. The first-order valence-electron chi connectivity index (χ1n) is 5.38. The van der Waals surface area contributed by atoms with Crippen LogP contribution in [0.25, 0.3) is 5.69 Å². The van der Waals surface area contributed by atoms with Crippen molar-refractivity contribution in [3.05, 3.63) is 47.8 Å². The quantitative estimate of drug-likeness (QED) is 0.791. The molecule has 96 valence electrons. The smallest absolute Gasteiger partial charge is 0.406 e. The van der Waals surface area contributed by atoms with Crippen molar-refractivity contribution in [1.29, 1.82) is 0 Å². The molecule has 0 amide bonds. The molecule has 5 heteroatoms. The Balaban J connectivity index is 2.39. The van der Waals surface area contributed by atoms with Crippen LogP contribution < -0.4 is 4.74 Å². The number of alkyl halides is 3. The van der Waals surface area contributed by atoms with E-state index in [2.05, 4.69) is 4.74 Å². The Labute approximate surface area is 103 Å². The molecule has 1 heterocycles. The highest BCUT2D eigenvalue weighted by Crippen LogP contribution is 2.26. The number of hydrogen-bond acceptors (Lipinski definition) is 1. The summed E-state index contributed by atoms with van der Waals surface area (Å²) in [6.45, 7) is 3.79. The van der Waals surface area contributed by atoms with Crippen LogP contribution in [0.5, 0.6) is 5.75 Å². The third kappa shape index (κ3) is 2.67. The normalized spacial score (nSPS) is 11.6. The molecular formula is C13H12F3NO. The van der Waals surface area contributed by atoms with Crippen molar-refractivity contribution in [2.24, 2.45) is 0 Å². The molecule has 2 aromatic rings. The second-order valence-electron chi connectivity index (χ2n) is 4.00. The number of rotatable bonds is 2. The Morgan fingerprint density at radius 2 is 1.61 bits per heavy atom. The predicted octanol–water partition coefficient (Wildman–Crippen LogP) is 3.99. The molecule has 0 bridgehead atoms. The van der Waals surface area contributed by atoms with Crippen LogP contribution in [0.1, 0.15) is 11.4 Å². The van der Waals surface area contributed by atoms with Gasteiger partial charge in [-0.25, -0.2) is 0 Å². The molecule has 1 aromatic heterocycles. The van der Waals surface area contributed by atoms with Gasteiger partial charge in [0.25, 0.3) is 0 Å². The van der Waals surface area contributed by atoms with Gasteiger partial charge in [-0.1, -0.05) is 6.07 Å². The van der Waals surface area contributed by atoms with Gasteiger partial charge in [0.15, 0.2) is 0 Å². The van der Waals surface area contributed by atoms with Gasteiger partial charge in [-0.3, -0.25) is 0 Å². The molecule has 0 spiro atoms. The predicted molar refractivity (Wildman–Crippen MR) is 61.9 cm³/mol. The van der Waals surface area contributed by atoms with Gasteiger partial charge in [-0.2, -0.15) is 0 Å². The lowest BCUT2D eigenvalue weighted by atomic mass is 10.3. The lowest BCUT2D eigenvalue weighted by Crippen LogP contribution is -2.17. The molecule has 18 heavy (non-hydrogen) atoms. The Kier molecular flexibility index (Phi) is 3.07. The number of aromatic nitrogens is 1. The Morgan fingerprint density at radius 1 is 1.00 bits per heavy atom. The van der Waals surface area contributed by atoms with Gasteiger partial charge in [-0.05, 0) is 38.1 Å². The zero-order valence-corrected chi connectivity index (χ0v) is 9.95. The molecule has 0 aliphatic rings. The van der Waals surface area contributed by atoms with E-state index in [1.54, 1.807) is 6.07 Å². The molecule has 1 aromatic carbocycles. The Hall–Kier alpha value is -1.91. The zero-order valence-electron chi connectivity index (χ0n) is 9.95. The molecule has 0 saturated heterocycles. The first kappa shape index (κ1) is 12.5. The lowest BCUT2D eigenvalue weighted by Gasteiger charge is -2.13. The summed E-state index contributed by atoms with van der Waals surface area (Å²) < 4.78 is 42.2. The van der Waals surface area contributed by atoms with Gasteiger partial charge in [-0.15, -0.1) is 13.2 Å². The monoisotopic (exact) mass is 255 g/mol. The van der Waals surface area contributed by atoms with Crippen molar-refractivity contribution in [2.45, 2.75) is 20.2 Å². The van der Waals surface area contributed by atoms with Crippen molar-refractivity contribution in [3.63, 3.8) is 0 Å². The average molecular weight is 255 g/mol. The van der Waals surface area contributed by atoms with E-state index in [0.717, 1.165) is 11.4 Å². The van der Waals surface area contributed by atoms with E-state index in [1.807, 2.05) is 30.5 Å². The summed E-state index contributed by atoms with van der Waals surface area (Å²) in [6, 6.07) is 9.75. The van der Waals surface area contributed by atoms with Gasteiger partial charge in [0.2, 0.25) is 0 Å². The molecule has 2 nitrogen and oxygen atoms in total. The minimum Gasteiger partial charge on any atom is -0.406 e. The zero-order chi connectivity index (χ0) is 13.3. The van der Waals surface area contributed by atoms with Crippen molar-refractivity contribution in [1.82, 2.24) is 4.57 Å². The van der Waals surface area contributed by atoms with E-state index in [9.17, 15) is 13.2 Å². The first-order valence-corrected chi connectivity index (χ1v) is 5.38. The number of nitrogens with zero attached hydrogens (tertiary/aromatic N) is 1. The number of benzene rings is 1. The van der Waals surface area contributed by atoms with E-state index in [-0.39, 0.29) is 5.75 Å². The van der Waals surface area contributed by atoms with E-state index < -0.39 is 6.36 Å². The highest BCUT2D eigenvalue weighted by molar-refractivity contribution is 5.42. The second kappa shape index (κ2) is 4.40. The topological polar surface area (TPSA) is 14.2 Å². The van der Waals surface area contributed by atoms with Gasteiger partial charge in [0.1, 0.15) is 5.75 Å². The standard InChI is InChI=1S/C13H12F3NO/c1-9-6-7-10(2)17(9)11-4-3-5-12(8-11)18-13(14,15)16/h3-8H,1-2H3. The second-order valence-corrected chi connectivity index (χ2v) is 4.00. The Morgan fingerprint density at radius 3 is 2.17 bits per heavy atom. The van der Waals surface area contributed by atoms with E-state index in [4.69, 9.17) is 0 Å². The molecule has 0 unspecified atom stereocenters. The molecule has 0 aliphatic carbocycles. The summed E-state index contributed by atoms with van der Waals surface area (Å²) in [4.78, 5) is 0. The third-order valence-corrected chi connectivity index (χ3v) is 2.58. The highest BCUT2D eigenvalue weighted by atomic mass is 19.4. The van der Waals surface area contributed by atoms with Crippen LogP contribution in [-0.4, -0.2) is 10.9 Å². The van der Waals surface area contributed by atoms with Crippen LogP contribution in [0.3, 0.4) is 0 Å². The molecule has 0 radical (unpaired) electrons. The number of ether oxygens (including phenoxy) is 1. The van der Waals surface area contributed by atoms with Crippen LogP contribution in [-0.2, 0) is 0 Å². The van der Waals surface area contributed by atoms with Crippen molar-refractivity contribution < 1.29 is 17.9 Å². The minimum absolute atomic E-state index is 0.215. The summed E-state index contributed by atoms with van der Waals surface area (Å²) in [5, 5.41) is 0. The molecule has 0 fully saturated rings. The van der Waals surface area contributed by atoms with Crippen molar-refractivity contribution in [3.8, 4) is 11.4 Å². The van der Waals surface area contributed by atoms with E-state index >= 15 is 0 Å². The number of aryl methyl sites for hydroxylation is 2. The molecular weight excluding hydrogens is 243 g/mol. The van der Waals surface area contributed by atoms with Crippen LogP contribution in [0.15, 0.2) is 36.4 Å². The van der Waals surface area contributed by atoms with Crippen LogP contribution in [0, 0.1) is 13.8 Å².